The number of phenols is 1. The zero-order valence-corrected chi connectivity index (χ0v) is 9.67. The first kappa shape index (κ1) is 11.9. The van der Waals surface area contributed by atoms with E-state index in [0.29, 0.717) is 5.56 Å². The van der Waals surface area contributed by atoms with E-state index < -0.39 is 0 Å². The van der Waals surface area contributed by atoms with Gasteiger partial charge in [-0.25, -0.2) is 0 Å². The van der Waals surface area contributed by atoms with Gasteiger partial charge in [-0.3, -0.25) is 0 Å². The molecule has 0 aliphatic carbocycles. The lowest BCUT2D eigenvalue weighted by atomic mass is 9.94. The van der Waals surface area contributed by atoms with Crippen LogP contribution in [-0.4, -0.2) is 5.11 Å². The maximum Gasteiger partial charge on any atom is 0.137 e. The molecule has 1 aromatic rings. The minimum atomic E-state index is 0.108. The normalized spacial score (nSPS) is 12.1. The van der Waals surface area contributed by atoms with Gasteiger partial charge in [-0.05, 0) is 30.0 Å². The average Bonchev–Trinajstić information content (AvgIpc) is 2.22. The third-order valence-electron chi connectivity index (χ3n) is 2.47. The predicted molar refractivity (Wildman–Crippen MR) is 61.2 cm³/mol. The minimum Gasteiger partial charge on any atom is -0.506 e. The Morgan fingerprint density at radius 3 is 2.73 bits per heavy atom. The van der Waals surface area contributed by atoms with Gasteiger partial charge < -0.3 is 5.11 Å². The Morgan fingerprint density at radius 2 is 2.20 bits per heavy atom. The molecule has 0 saturated carbocycles. The molecule has 0 aliphatic heterocycles. The van der Waals surface area contributed by atoms with Crippen LogP contribution in [-0.2, 0) is 0 Å². The van der Waals surface area contributed by atoms with Crippen LogP contribution >= 0.6 is 11.6 Å². The van der Waals surface area contributed by atoms with E-state index in [1.165, 1.54) is 6.07 Å². The van der Waals surface area contributed by atoms with E-state index in [2.05, 4.69) is 6.92 Å². The Balaban J connectivity index is 3.16. The Bertz CT molecular complexity index is 395. The Labute approximate surface area is 95.1 Å². The summed E-state index contributed by atoms with van der Waals surface area (Å²) in [7, 11) is 0. The van der Waals surface area contributed by atoms with Gasteiger partial charge in [0.05, 0.1) is 16.7 Å². The summed E-state index contributed by atoms with van der Waals surface area (Å²) in [6.45, 7) is 4.11. The number of hydrogen-bond acceptors (Lipinski definition) is 2. The van der Waals surface area contributed by atoms with Crippen LogP contribution in [0, 0.1) is 11.3 Å². The lowest BCUT2D eigenvalue weighted by molar-refractivity contribution is 0.460. The molecule has 2 nitrogen and oxygen atoms in total. The number of aromatic hydroxyl groups is 1. The van der Waals surface area contributed by atoms with Gasteiger partial charge in [0, 0.05) is 0 Å². The minimum absolute atomic E-state index is 0.108. The van der Waals surface area contributed by atoms with E-state index >= 15 is 0 Å². The van der Waals surface area contributed by atoms with E-state index in [-0.39, 0.29) is 16.7 Å². The van der Waals surface area contributed by atoms with Gasteiger partial charge in [0.15, 0.2) is 0 Å². The summed E-state index contributed by atoms with van der Waals surface area (Å²) in [5.41, 5.74) is 1.26. The fourth-order valence-corrected chi connectivity index (χ4v) is 1.88. The number of hydrogen-bond donors (Lipinski definition) is 1. The third-order valence-corrected chi connectivity index (χ3v) is 2.76. The smallest absolute Gasteiger partial charge is 0.137 e. The predicted octanol–water partition coefficient (Wildman–Crippen LogP) is 3.82. The van der Waals surface area contributed by atoms with Crippen LogP contribution in [0.2, 0.25) is 5.02 Å². The van der Waals surface area contributed by atoms with Crippen LogP contribution in [0.25, 0.3) is 0 Å². The largest absolute Gasteiger partial charge is 0.506 e. The van der Waals surface area contributed by atoms with Crippen molar-refractivity contribution < 1.29 is 5.11 Å². The molecule has 3 heteroatoms. The highest BCUT2D eigenvalue weighted by atomic mass is 35.5. The van der Waals surface area contributed by atoms with Crippen LogP contribution in [0.3, 0.4) is 0 Å². The van der Waals surface area contributed by atoms with Crippen molar-refractivity contribution in [1.82, 2.24) is 0 Å². The van der Waals surface area contributed by atoms with Crippen molar-refractivity contribution in [3.05, 3.63) is 28.3 Å². The maximum absolute atomic E-state index is 9.77. The third kappa shape index (κ3) is 2.64. The Hall–Kier alpha value is -1.20. The van der Waals surface area contributed by atoms with Gasteiger partial charge in [0.1, 0.15) is 5.75 Å². The van der Waals surface area contributed by atoms with Crippen molar-refractivity contribution in [1.29, 1.82) is 5.26 Å². The average molecular weight is 224 g/mol. The second-order valence-corrected chi connectivity index (χ2v) is 4.10. The summed E-state index contributed by atoms with van der Waals surface area (Å²) in [6.07, 6.45) is 2.01. The molecule has 1 aromatic carbocycles. The molecule has 0 aliphatic rings. The zero-order chi connectivity index (χ0) is 11.4. The van der Waals surface area contributed by atoms with Gasteiger partial charge in [0.2, 0.25) is 0 Å². The number of phenolic OH excluding ortho intramolecular Hbond substituents is 1. The fraction of sp³-hybridized carbons (Fsp3) is 0.417. The van der Waals surface area contributed by atoms with Gasteiger partial charge in [-0.2, -0.15) is 5.26 Å². The molecule has 0 aromatic heterocycles. The van der Waals surface area contributed by atoms with Gasteiger partial charge in [-0.15, -0.1) is 0 Å². The maximum atomic E-state index is 9.77. The molecule has 1 atom stereocenters. The van der Waals surface area contributed by atoms with Crippen LogP contribution in [0.5, 0.6) is 5.75 Å². The molecule has 1 N–H and O–H groups in total. The molecule has 0 radical (unpaired) electrons. The van der Waals surface area contributed by atoms with E-state index in [4.69, 9.17) is 16.9 Å². The summed E-state index contributed by atoms with van der Waals surface area (Å²) < 4.78 is 0. The highest BCUT2D eigenvalue weighted by Crippen LogP contribution is 2.35. The quantitative estimate of drug-likeness (QED) is 0.847. The first-order valence-electron chi connectivity index (χ1n) is 5.02. The van der Waals surface area contributed by atoms with E-state index in [1.807, 2.05) is 13.0 Å². The first-order chi connectivity index (χ1) is 7.10. The summed E-state index contributed by atoms with van der Waals surface area (Å²) in [6, 6.07) is 5.23. The molecule has 15 heavy (non-hydrogen) atoms. The molecule has 0 amide bonds. The lowest BCUT2D eigenvalue weighted by Gasteiger charge is -2.13. The van der Waals surface area contributed by atoms with Crippen molar-refractivity contribution in [3.8, 4) is 11.8 Å². The summed E-state index contributed by atoms with van der Waals surface area (Å²) in [4.78, 5) is 0. The first-order valence-corrected chi connectivity index (χ1v) is 5.40. The highest BCUT2D eigenvalue weighted by Gasteiger charge is 2.13. The second kappa shape index (κ2) is 5.04. The zero-order valence-electron chi connectivity index (χ0n) is 8.92. The standard InChI is InChI=1S/C12H14ClNO/c1-3-4-8(2)10-5-9(7-14)6-11(13)12(10)15/h5-6,8,15H,3-4H2,1-2H3. The van der Waals surface area contributed by atoms with E-state index in [9.17, 15) is 5.11 Å². The van der Waals surface area contributed by atoms with Crippen molar-refractivity contribution in [2.45, 2.75) is 32.6 Å². The summed E-state index contributed by atoms with van der Waals surface area (Å²) in [5, 5.41) is 18.8. The summed E-state index contributed by atoms with van der Waals surface area (Å²) >= 11 is 5.84. The monoisotopic (exact) mass is 223 g/mol. The SMILES string of the molecule is CCCC(C)c1cc(C#N)cc(Cl)c1O. The number of nitrogens with zero attached hydrogens (tertiary/aromatic N) is 1. The van der Waals surface area contributed by atoms with Crippen molar-refractivity contribution >= 4 is 11.6 Å². The molecule has 0 bridgehead atoms. The molecular formula is C12H14ClNO. The van der Waals surface area contributed by atoms with Gasteiger partial charge in [0.25, 0.3) is 0 Å². The van der Waals surface area contributed by atoms with Crippen LogP contribution in [0.15, 0.2) is 12.1 Å². The Morgan fingerprint density at radius 1 is 1.53 bits per heavy atom. The fourth-order valence-electron chi connectivity index (χ4n) is 1.65. The summed E-state index contributed by atoms with van der Waals surface area (Å²) in [5.74, 6) is 0.331. The Kier molecular flexibility index (Phi) is 3.99. The van der Waals surface area contributed by atoms with Gasteiger partial charge >= 0.3 is 0 Å². The van der Waals surface area contributed by atoms with E-state index in [1.54, 1.807) is 6.07 Å². The highest BCUT2D eigenvalue weighted by molar-refractivity contribution is 6.32. The van der Waals surface area contributed by atoms with Crippen LogP contribution in [0.1, 0.15) is 43.7 Å². The number of rotatable bonds is 3. The van der Waals surface area contributed by atoms with Crippen LogP contribution in [0.4, 0.5) is 0 Å². The molecule has 1 rings (SSSR count). The molecule has 1 unspecified atom stereocenters. The topological polar surface area (TPSA) is 44.0 Å². The van der Waals surface area contributed by atoms with Crippen molar-refractivity contribution in [2.75, 3.05) is 0 Å². The van der Waals surface area contributed by atoms with E-state index in [0.717, 1.165) is 18.4 Å². The molecule has 0 spiro atoms. The number of halogens is 1. The molecule has 80 valence electrons. The van der Waals surface area contributed by atoms with Crippen LogP contribution < -0.4 is 0 Å². The lowest BCUT2D eigenvalue weighted by Crippen LogP contribution is -1.95. The number of benzene rings is 1. The molecule has 0 fully saturated rings. The van der Waals surface area contributed by atoms with Gasteiger partial charge in [-0.1, -0.05) is 31.9 Å². The number of nitriles is 1. The van der Waals surface area contributed by atoms with Crippen molar-refractivity contribution in [3.63, 3.8) is 0 Å². The van der Waals surface area contributed by atoms with Crippen molar-refractivity contribution in [2.24, 2.45) is 0 Å². The second-order valence-electron chi connectivity index (χ2n) is 3.70. The molecule has 0 heterocycles. The molecule has 0 saturated heterocycles. The molecular weight excluding hydrogens is 210 g/mol.